The predicted molar refractivity (Wildman–Crippen MR) is 138 cm³/mol. The monoisotopic (exact) mass is 765 g/mol. The molecule has 0 bridgehead atoms. The van der Waals surface area contributed by atoms with Crippen molar-refractivity contribution in [1.29, 1.82) is 0 Å². The van der Waals surface area contributed by atoms with Crippen LogP contribution in [0, 0.1) is 3.57 Å². The van der Waals surface area contributed by atoms with E-state index in [0.29, 0.717) is 14.5 Å². The number of amides is 1. The zero-order valence-electron chi connectivity index (χ0n) is 20.6. The maximum Gasteiger partial charge on any atom is 0.436 e. The smallest absolute Gasteiger partial charge is 0.364 e. The van der Waals surface area contributed by atoms with Gasteiger partial charge in [0, 0.05) is 15.7 Å². The number of halogens is 11. The Kier molecular flexibility index (Phi) is 7.97. The second-order valence-corrected chi connectivity index (χ2v) is 13.9. The number of sulfone groups is 1. The average molecular weight is 765 g/mol. The van der Waals surface area contributed by atoms with Gasteiger partial charge in [0.1, 0.15) is 4.75 Å². The van der Waals surface area contributed by atoms with Gasteiger partial charge >= 0.3 is 24.2 Å². The van der Waals surface area contributed by atoms with Crippen LogP contribution in [-0.2, 0) is 31.5 Å². The van der Waals surface area contributed by atoms with Crippen LogP contribution in [0.2, 0.25) is 0 Å². The standard InChI is InChI=1S/C24H18F10INO4S2/c25-20(22(26,27)28,23(29,30)31)13-2-7-16-12(11-13)1-8-17-19(16,42(39,40)15-5-3-14(35)4-6-15)9-10-36(17)18(37)21(38,41)24(32,33)34/h2-7,11,17,38,41H,1,8-10H2/t17-,19-,21-/m1/s1. The first kappa shape index (κ1) is 33.1. The van der Waals surface area contributed by atoms with E-state index in [1.54, 1.807) is 0 Å². The van der Waals surface area contributed by atoms with Gasteiger partial charge in [0.2, 0.25) is 0 Å². The Morgan fingerprint density at radius 3 is 1.98 bits per heavy atom. The second kappa shape index (κ2) is 10.1. The first-order valence-electron chi connectivity index (χ1n) is 11.7. The molecule has 42 heavy (non-hydrogen) atoms. The number of rotatable bonds is 4. The van der Waals surface area contributed by atoms with Gasteiger partial charge in [0.15, 0.2) is 9.84 Å². The number of benzene rings is 2. The summed E-state index contributed by atoms with van der Waals surface area (Å²) in [4.78, 5) is 8.73. The fourth-order valence-electron chi connectivity index (χ4n) is 5.62. The number of fused-ring (bicyclic) bond motifs is 3. The number of alkyl halides is 10. The minimum absolute atomic E-state index is 0.128. The van der Waals surface area contributed by atoms with E-state index in [0.717, 1.165) is 12.1 Å². The largest absolute Gasteiger partial charge is 0.436 e. The maximum absolute atomic E-state index is 14.9. The van der Waals surface area contributed by atoms with Gasteiger partial charge in [-0.05, 0) is 77.2 Å². The molecule has 0 aromatic heterocycles. The van der Waals surface area contributed by atoms with Gasteiger partial charge in [0.05, 0.1) is 10.9 Å². The number of carbonyl (C=O) groups is 1. The SMILES string of the molecule is O=C(N1CC[C@@]2(S(=O)(=O)c3ccc(I)cc3)c3ccc(C(F)(C(F)(F)F)C(F)(F)F)cc3CC[C@@H]12)[C@@](O)(S)C(F)(F)F. The highest BCUT2D eigenvalue weighted by molar-refractivity contribution is 14.1. The van der Waals surface area contributed by atoms with Crippen LogP contribution in [0.1, 0.15) is 29.5 Å². The molecule has 1 heterocycles. The van der Waals surface area contributed by atoms with Gasteiger partial charge in [-0.25, -0.2) is 12.8 Å². The Morgan fingerprint density at radius 1 is 0.929 bits per heavy atom. The third-order valence-corrected chi connectivity index (χ3v) is 11.3. The lowest BCUT2D eigenvalue weighted by Crippen LogP contribution is -2.59. The summed E-state index contributed by atoms with van der Waals surface area (Å²) in [5.41, 5.74) is -8.52. The van der Waals surface area contributed by atoms with E-state index in [-0.39, 0.29) is 12.1 Å². The van der Waals surface area contributed by atoms with Crippen LogP contribution >= 0.6 is 35.2 Å². The van der Waals surface area contributed by atoms with Crippen LogP contribution in [-0.4, -0.2) is 60.4 Å². The molecule has 0 radical (unpaired) electrons. The predicted octanol–water partition coefficient (Wildman–Crippen LogP) is 5.98. The van der Waals surface area contributed by atoms with E-state index >= 15 is 0 Å². The van der Waals surface area contributed by atoms with Crippen LogP contribution in [0.4, 0.5) is 43.9 Å². The van der Waals surface area contributed by atoms with Crippen molar-refractivity contribution in [3.05, 3.63) is 62.7 Å². The van der Waals surface area contributed by atoms with Gasteiger partial charge in [-0.3, -0.25) is 4.79 Å². The topological polar surface area (TPSA) is 74.7 Å². The van der Waals surface area contributed by atoms with Crippen LogP contribution in [0.3, 0.4) is 0 Å². The summed E-state index contributed by atoms with van der Waals surface area (Å²) in [5.74, 6) is -2.01. The van der Waals surface area contributed by atoms with Crippen molar-refractivity contribution in [2.75, 3.05) is 6.54 Å². The van der Waals surface area contributed by atoms with Crippen molar-refractivity contribution in [2.24, 2.45) is 0 Å². The molecule has 18 heteroatoms. The molecule has 1 saturated heterocycles. The van der Waals surface area contributed by atoms with Crippen LogP contribution in [0.25, 0.3) is 0 Å². The van der Waals surface area contributed by atoms with Crippen molar-refractivity contribution in [3.63, 3.8) is 0 Å². The van der Waals surface area contributed by atoms with Gasteiger partial charge in [0.25, 0.3) is 10.8 Å². The highest BCUT2D eigenvalue weighted by Crippen LogP contribution is 2.57. The lowest BCUT2D eigenvalue weighted by Gasteiger charge is -2.44. The molecule has 2 aromatic rings. The van der Waals surface area contributed by atoms with E-state index < -0.39 is 103 Å². The van der Waals surface area contributed by atoms with Crippen LogP contribution < -0.4 is 0 Å². The summed E-state index contributed by atoms with van der Waals surface area (Å²) in [6, 6.07) is 4.29. The van der Waals surface area contributed by atoms with Crippen molar-refractivity contribution in [2.45, 2.75) is 64.1 Å². The minimum atomic E-state index is -6.45. The van der Waals surface area contributed by atoms with E-state index in [9.17, 15) is 62.2 Å². The summed E-state index contributed by atoms with van der Waals surface area (Å²) >= 11 is 4.91. The van der Waals surface area contributed by atoms with E-state index in [1.165, 1.54) is 12.1 Å². The number of hydrogen-bond donors (Lipinski definition) is 2. The number of thiol groups is 1. The summed E-state index contributed by atoms with van der Waals surface area (Å²) < 4.78 is 163. The molecule has 232 valence electrons. The van der Waals surface area contributed by atoms with Crippen molar-refractivity contribution < 1.29 is 62.2 Å². The maximum atomic E-state index is 14.9. The number of aliphatic hydroxyl groups is 1. The lowest BCUT2D eigenvalue weighted by atomic mass is 9.76. The normalized spacial score (nSPS) is 23.3. The van der Waals surface area contributed by atoms with Gasteiger partial charge in [-0.2, -0.15) is 39.5 Å². The number of nitrogens with zero attached hydrogens (tertiary/aromatic N) is 1. The Labute approximate surface area is 250 Å². The van der Waals surface area contributed by atoms with Crippen LogP contribution in [0.15, 0.2) is 47.4 Å². The number of aryl methyl sites for hydroxylation is 1. The molecule has 1 N–H and O–H groups in total. The molecule has 1 aliphatic carbocycles. The van der Waals surface area contributed by atoms with Crippen molar-refractivity contribution in [3.8, 4) is 0 Å². The molecule has 5 nitrogen and oxygen atoms in total. The quantitative estimate of drug-likeness (QED) is 0.174. The van der Waals surface area contributed by atoms with E-state index in [1.807, 2.05) is 22.6 Å². The molecule has 2 aliphatic rings. The zero-order valence-corrected chi connectivity index (χ0v) is 24.4. The molecule has 0 saturated carbocycles. The molecule has 1 fully saturated rings. The molecule has 0 spiro atoms. The highest BCUT2D eigenvalue weighted by Gasteiger charge is 2.74. The number of hydrogen-bond acceptors (Lipinski definition) is 5. The third-order valence-electron chi connectivity index (χ3n) is 7.62. The number of carbonyl (C=O) groups excluding carboxylic acids is 1. The van der Waals surface area contributed by atoms with Crippen molar-refractivity contribution >= 4 is 51.0 Å². The fraction of sp³-hybridized carbons (Fsp3) is 0.458. The Hall–Kier alpha value is -1.80. The summed E-state index contributed by atoms with van der Waals surface area (Å²) in [6.07, 6.45) is -20.3. The van der Waals surface area contributed by atoms with E-state index in [2.05, 4.69) is 12.6 Å². The zero-order chi connectivity index (χ0) is 31.9. The van der Waals surface area contributed by atoms with E-state index in [4.69, 9.17) is 0 Å². The Bertz CT molecular complexity index is 1490. The lowest BCUT2D eigenvalue weighted by molar-refractivity contribution is -0.348. The van der Waals surface area contributed by atoms with Gasteiger partial charge < -0.3 is 10.0 Å². The average Bonchev–Trinajstić information content (AvgIpc) is 3.27. The molecule has 3 atom stereocenters. The Balaban J connectivity index is 1.97. The van der Waals surface area contributed by atoms with Gasteiger partial charge in [-0.15, -0.1) is 12.6 Å². The van der Waals surface area contributed by atoms with Crippen molar-refractivity contribution in [1.82, 2.24) is 4.90 Å². The highest BCUT2D eigenvalue weighted by atomic mass is 127. The molecule has 0 unspecified atom stereocenters. The fourth-order valence-corrected chi connectivity index (χ4v) is 8.47. The Morgan fingerprint density at radius 2 is 1.48 bits per heavy atom. The third kappa shape index (κ3) is 4.69. The first-order chi connectivity index (χ1) is 18.9. The summed E-state index contributed by atoms with van der Waals surface area (Å²) in [5, 5.41) is 9.92. The summed E-state index contributed by atoms with van der Waals surface area (Å²) in [6.45, 7) is -0.703. The molecule has 2 aromatic carbocycles. The first-order valence-corrected chi connectivity index (χ1v) is 14.7. The van der Waals surface area contributed by atoms with Gasteiger partial charge in [-0.1, -0.05) is 18.2 Å². The minimum Gasteiger partial charge on any atom is -0.364 e. The summed E-state index contributed by atoms with van der Waals surface area (Å²) in [7, 11) is -4.77. The molecule has 1 aliphatic heterocycles. The molecule has 1 amide bonds. The molecule has 4 rings (SSSR count). The van der Waals surface area contributed by atoms with Crippen LogP contribution in [0.5, 0.6) is 0 Å². The second-order valence-electron chi connectivity index (χ2n) is 9.85. The number of likely N-dealkylation sites (tertiary alicyclic amines) is 1. The molecular weight excluding hydrogens is 747 g/mol. The molecular formula is C24H18F10INO4S2.